The Hall–Kier alpha value is -3.98. The summed E-state index contributed by atoms with van der Waals surface area (Å²) in [7, 11) is -5.96. The average Bonchev–Trinajstić information content (AvgIpc) is 2.93. The van der Waals surface area contributed by atoms with Gasteiger partial charge in [0.1, 0.15) is 29.0 Å². The van der Waals surface area contributed by atoms with Crippen molar-refractivity contribution in [3.05, 3.63) is 95.4 Å². The summed E-state index contributed by atoms with van der Waals surface area (Å²) < 4.78 is 76.1. The molecule has 0 aromatic heterocycles. The number of hydrogen-bond acceptors (Lipinski definition) is 9. The molecule has 0 aliphatic carbocycles. The molecule has 2 aliphatic heterocycles. The van der Waals surface area contributed by atoms with Crippen molar-refractivity contribution in [2.24, 2.45) is 0 Å². The predicted molar refractivity (Wildman–Crippen MR) is 149 cm³/mol. The van der Waals surface area contributed by atoms with Gasteiger partial charge in [-0.25, -0.2) is 9.59 Å². The highest BCUT2D eigenvalue weighted by Gasteiger charge is 2.55. The molecule has 4 rings (SSSR count). The van der Waals surface area contributed by atoms with Crippen molar-refractivity contribution in [1.82, 2.24) is 10.2 Å². The van der Waals surface area contributed by atoms with Crippen LogP contribution in [0.2, 0.25) is 0 Å². The van der Waals surface area contributed by atoms with E-state index >= 15 is 0 Å². The average molecular weight is 641 g/mol. The largest absolute Gasteiger partial charge is 0.534 e. The van der Waals surface area contributed by atoms with Gasteiger partial charge >= 0.3 is 27.7 Å². The molecule has 1 saturated heterocycles. The number of ether oxygens (including phenoxy) is 2. The van der Waals surface area contributed by atoms with Gasteiger partial charge in [-0.1, -0.05) is 60.7 Å². The van der Waals surface area contributed by atoms with E-state index in [4.69, 9.17) is 9.47 Å². The smallest absolute Gasteiger partial charge is 0.448 e. The number of halogens is 3. The number of hydrogen-bond donors (Lipinski definition) is 1. The number of alkyl carbamates (subject to hydrolysis) is 1. The summed E-state index contributed by atoms with van der Waals surface area (Å²) in [6.45, 7) is 4.93. The second-order valence-electron chi connectivity index (χ2n) is 10.3. The molecule has 0 unspecified atom stereocenters. The zero-order chi connectivity index (χ0) is 31.6. The van der Waals surface area contributed by atoms with Crippen molar-refractivity contribution in [1.29, 1.82) is 0 Å². The van der Waals surface area contributed by atoms with Gasteiger partial charge in [-0.05, 0) is 43.5 Å². The third kappa shape index (κ3) is 7.33. The number of rotatable bonds is 8. The van der Waals surface area contributed by atoms with E-state index in [9.17, 15) is 36.0 Å². The Morgan fingerprint density at radius 3 is 2.09 bits per heavy atom. The minimum Gasteiger partial charge on any atom is -0.448 e. The summed E-state index contributed by atoms with van der Waals surface area (Å²) >= 11 is 1.08. The van der Waals surface area contributed by atoms with Gasteiger partial charge in [-0.3, -0.25) is 9.69 Å². The van der Waals surface area contributed by atoms with Crippen molar-refractivity contribution < 1.29 is 49.6 Å². The van der Waals surface area contributed by atoms with Crippen molar-refractivity contribution in [3.63, 3.8) is 0 Å². The van der Waals surface area contributed by atoms with Crippen LogP contribution in [-0.4, -0.2) is 59.6 Å². The number of fused-ring (bicyclic) bond motifs is 1. The van der Waals surface area contributed by atoms with E-state index in [0.29, 0.717) is 11.1 Å². The summed E-state index contributed by atoms with van der Waals surface area (Å²) in [6, 6.07) is 16.3. The fourth-order valence-electron chi connectivity index (χ4n) is 4.18. The number of nitrogens with one attached hydrogen (secondary N) is 1. The topological polar surface area (TPSA) is 128 Å². The van der Waals surface area contributed by atoms with Crippen LogP contribution in [0.25, 0.3) is 0 Å². The number of β-lactam (4-membered cyclic amide) rings is 1. The molecule has 0 bridgehead atoms. The minimum absolute atomic E-state index is 0.0347. The van der Waals surface area contributed by atoms with Gasteiger partial charge in [0.15, 0.2) is 6.10 Å². The van der Waals surface area contributed by atoms with E-state index in [1.165, 1.54) is 0 Å². The van der Waals surface area contributed by atoms with Crippen LogP contribution in [0.5, 0.6) is 0 Å². The number of amides is 2. The zero-order valence-electron chi connectivity index (χ0n) is 23.0. The van der Waals surface area contributed by atoms with Crippen molar-refractivity contribution in [2.45, 2.75) is 49.4 Å². The molecule has 2 aromatic rings. The molecule has 2 amide bonds. The molecule has 1 N–H and O–H groups in total. The second-order valence-corrected chi connectivity index (χ2v) is 13.0. The number of benzene rings is 2. The number of alkyl halides is 3. The molecule has 15 heteroatoms. The Labute approximate surface area is 250 Å². The Morgan fingerprint density at radius 2 is 1.58 bits per heavy atom. The van der Waals surface area contributed by atoms with Gasteiger partial charge in [0, 0.05) is 5.75 Å². The Morgan fingerprint density at radius 1 is 1.02 bits per heavy atom. The molecule has 0 radical (unpaired) electrons. The first-order valence-corrected chi connectivity index (χ1v) is 15.2. The lowest BCUT2D eigenvalue weighted by Gasteiger charge is -2.49. The molecule has 10 nitrogen and oxygen atoms in total. The fraction of sp³-hybridized carbons (Fsp3) is 0.321. The summed E-state index contributed by atoms with van der Waals surface area (Å²) in [6.07, 6.45) is -0.664. The van der Waals surface area contributed by atoms with Crippen LogP contribution in [0.4, 0.5) is 18.0 Å². The summed E-state index contributed by atoms with van der Waals surface area (Å²) in [5, 5.41) is 1.69. The quantitative estimate of drug-likeness (QED) is 0.143. The van der Waals surface area contributed by atoms with Gasteiger partial charge in [-0.15, -0.1) is 11.8 Å². The van der Waals surface area contributed by atoms with Crippen molar-refractivity contribution in [2.75, 3.05) is 5.75 Å². The van der Waals surface area contributed by atoms with Gasteiger partial charge in [0.05, 0.1) is 0 Å². The maximum atomic E-state index is 13.8. The molecule has 2 aliphatic rings. The number of esters is 1. The molecule has 0 saturated carbocycles. The number of thioether (sulfide) groups is 1. The van der Waals surface area contributed by atoms with Crippen molar-refractivity contribution in [3.8, 4) is 0 Å². The SMILES string of the molecule is CC(C)(C)OC(=O)N[C@@H]1C(=O)N2C(C(=O)OC(c3ccccc3)c3ccccc3)=C(C=COS(=O)(=O)C(F)(F)F)CS[C@H]12. The highest BCUT2D eigenvalue weighted by molar-refractivity contribution is 8.00. The molecule has 230 valence electrons. The van der Waals surface area contributed by atoms with Crippen molar-refractivity contribution >= 4 is 39.8 Å². The fourth-order valence-corrected chi connectivity index (χ4v) is 5.81. The molecular formula is C28H27F3N2O8S2. The maximum Gasteiger partial charge on any atom is 0.534 e. The third-order valence-corrected chi connectivity index (χ3v) is 8.26. The Kier molecular flexibility index (Phi) is 9.16. The molecular weight excluding hydrogens is 613 g/mol. The lowest BCUT2D eigenvalue weighted by molar-refractivity contribution is -0.153. The van der Waals surface area contributed by atoms with E-state index in [1.807, 2.05) is 0 Å². The Bertz CT molecular complexity index is 1500. The first-order valence-electron chi connectivity index (χ1n) is 12.7. The van der Waals surface area contributed by atoms with E-state index in [1.54, 1.807) is 81.4 Å². The van der Waals surface area contributed by atoms with Crippen LogP contribution >= 0.6 is 11.8 Å². The number of nitrogens with zero attached hydrogens (tertiary/aromatic N) is 1. The van der Waals surface area contributed by atoms with Gasteiger partial charge in [0.25, 0.3) is 5.91 Å². The number of carbonyl (C=O) groups excluding carboxylic acids is 3. The molecule has 2 aromatic carbocycles. The van der Waals surface area contributed by atoms with E-state index in [-0.39, 0.29) is 23.3 Å². The first-order chi connectivity index (χ1) is 20.1. The van der Waals surface area contributed by atoms with Crippen LogP contribution < -0.4 is 5.32 Å². The summed E-state index contributed by atoms with van der Waals surface area (Å²) in [4.78, 5) is 40.4. The number of carbonyl (C=O) groups is 3. The lowest BCUT2D eigenvalue weighted by atomic mass is 10.0. The Balaban J connectivity index is 1.68. The van der Waals surface area contributed by atoms with E-state index in [2.05, 4.69) is 9.50 Å². The summed E-state index contributed by atoms with van der Waals surface area (Å²) in [5.41, 5.74) is -5.69. The minimum atomic E-state index is -5.96. The molecule has 2 atom stereocenters. The number of allylic oxidation sites excluding steroid dienone is 1. The summed E-state index contributed by atoms with van der Waals surface area (Å²) in [5.74, 6) is -1.79. The monoisotopic (exact) mass is 640 g/mol. The van der Waals surface area contributed by atoms with Crippen LogP contribution in [-0.2, 0) is 33.4 Å². The first kappa shape index (κ1) is 31.9. The maximum absolute atomic E-state index is 13.8. The van der Waals surface area contributed by atoms with Crippen LogP contribution in [0, 0.1) is 0 Å². The van der Waals surface area contributed by atoms with Crippen LogP contribution in [0.15, 0.2) is 84.3 Å². The van der Waals surface area contributed by atoms with Gasteiger partial charge in [-0.2, -0.15) is 21.6 Å². The lowest BCUT2D eigenvalue weighted by Crippen LogP contribution is -2.70. The normalized spacial score (nSPS) is 19.1. The van der Waals surface area contributed by atoms with Gasteiger partial charge in [0.2, 0.25) is 0 Å². The zero-order valence-corrected chi connectivity index (χ0v) is 24.7. The van der Waals surface area contributed by atoms with E-state index < -0.39 is 56.7 Å². The highest BCUT2D eigenvalue weighted by atomic mass is 32.2. The molecule has 43 heavy (non-hydrogen) atoms. The molecule has 0 spiro atoms. The highest BCUT2D eigenvalue weighted by Crippen LogP contribution is 2.42. The standard InChI is InChI=1S/C28H27F3N2O8S2/c1-27(2,3)41-26(36)32-20-23(34)33-21(19(16-42-24(20)33)14-15-39-43(37,38)28(29,30)31)25(35)40-22(17-10-6-4-7-11-17)18-12-8-5-9-13-18/h4-15,20,22,24H,16H2,1-3H3,(H,32,36)/t20-,24-/m1/s1. The molecule has 2 heterocycles. The molecule has 1 fully saturated rings. The van der Waals surface area contributed by atoms with E-state index in [0.717, 1.165) is 22.7 Å². The van der Waals surface area contributed by atoms with Crippen LogP contribution in [0.3, 0.4) is 0 Å². The third-order valence-electron chi connectivity index (χ3n) is 6.03. The second kappa shape index (κ2) is 12.3. The van der Waals surface area contributed by atoms with Gasteiger partial charge < -0.3 is 19.0 Å². The predicted octanol–water partition coefficient (Wildman–Crippen LogP) is 4.76. The van der Waals surface area contributed by atoms with Crippen LogP contribution in [0.1, 0.15) is 38.0 Å².